The first-order chi connectivity index (χ1) is 12.5. The zero-order valence-corrected chi connectivity index (χ0v) is 15.8. The number of aliphatic hydroxyl groups excluding tert-OH is 1. The number of ether oxygens (including phenoxy) is 1. The summed E-state index contributed by atoms with van der Waals surface area (Å²) in [6, 6.07) is 8.82. The first-order valence-electron chi connectivity index (χ1n) is 8.34. The molecule has 1 aromatic carbocycles. The molecule has 2 aromatic rings. The molecule has 1 atom stereocenters. The summed E-state index contributed by atoms with van der Waals surface area (Å²) >= 11 is 1.45. The van der Waals surface area contributed by atoms with Gasteiger partial charge in [0.15, 0.2) is 0 Å². The number of hydrogen-bond acceptors (Lipinski definition) is 5. The third kappa shape index (κ3) is 3.18. The second-order valence-corrected chi connectivity index (χ2v) is 7.30. The molecule has 136 valence electrons. The number of nitrogens with zero attached hydrogens (tertiary/aromatic N) is 1. The Morgan fingerprint density at radius 1 is 1.27 bits per heavy atom. The molecule has 2 heterocycles. The van der Waals surface area contributed by atoms with E-state index in [4.69, 9.17) is 4.74 Å². The quantitative estimate of drug-likeness (QED) is 0.497. The Labute approximate surface area is 156 Å². The van der Waals surface area contributed by atoms with Gasteiger partial charge in [-0.1, -0.05) is 23.8 Å². The Morgan fingerprint density at radius 2 is 2.04 bits per heavy atom. The maximum atomic E-state index is 12.8. The van der Waals surface area contributed by atoms with E-state index in [1.54, 1.807) is 7.11 Å². The van der Waals surface area contributed by atoms with E-state index >= 15 is 0 Å². The second-order valence-electron chi connectivity index (χ2n) is 6.32. The summed E-state index contributed by atoms with van der Waals surface area (Å²) in [6.45, 7) is 4.39. The van der Waals surface area contributed by atoms with Crippen LogP contribution in [0.15, 0.2) is 41.3 Å². The Hall–Kier alpha value is -2.44. The minimum Gasteiger partial charge on any atom is -0.507 e. The number of rotatable bonds is 5. The third-order valence-corrected chi connectivity index (χ3v) is 5.46. The van der Waals surface area contributed by atoms with E-state index < -0.39 is 17.7 Å². The van der Waals surface area contributed by atoms with Gasteiger partial charge in [-0.05, 0) is 36.9 Å². The molecular weight excluding hydrogens is 350 g/mol. The third-order valence-electron chi connectivity index (χ3n) is 4.54. The average molecular weight is 371 g/mol. The van der Waals surface area contributed by atoms with E-state index in [9.17, 15) is 14.7 Å². The highest BCUT2D eigenvalue weighted by Gasteiger charge is 2.46. The Bertz CT molecular complexity index is 870. The molecule has 1 amide bonds. The van der Waals surface area contributed by atoms with Gasteiger partial charge in [0, 0.05) is 24.1 Å². The van der Waals surface area contributed by atoms with Gasteiger partial charge in [-0.25, -0.2) is 0 Å². The van der Waals surface area contributed by atoms with Crippen LogP contribution in [0.4, 0.5) is 0 Å². The van der Waals surface area contributed by atoms with Crippen molar-refractivity contribution in [2.24, 2.45) is 0 Å². The van der Waals surface area contributed by atoms with E-state index in [0.717, 1.165) is 16.0 Å². The standard InChI is InChI=1S/C20H21NO4S/c1-12-6-7-13(2)14(11-12)18(22)16-17(15-5-4-10-26-15)21(8-9-25-3)20(24)19(16)23/h4-7,10-11,17,22H,8-9H2,1-3H3/t17-/m1/s1. The van der Waals surface area contributed by atoms with Crippen LogP contribution in [0, 0.1) is 13.8 Å². The van der Waals surface area contributed by atoms with Crippen LogP contribution in [0.5, 0.6) is 0 Å². The van der Waals surface area contributed by atoms with Crippen molar-refractivity contribution < 1.29 is 19.4 Å². The normalized spacial score (nSPS) is 19.3. The van der Waals surface area contributed by atoms with Crippen molar-refractivity contribution in [2.75, 3.05) is 20.3 Å². The molecule has 1 N–H and O–H groups in total. The van der Waals surface area contributed by atoms with E-state index in [1.807, 2.05) is 49.6 Å². The van der Waals surface area contributed by atoms with Gasteiger partial charge in [0.2, 0.25) is 0 Å². The molecule has 0 saturated carbocycles. The molecule has 0 aliphatic carbocycles. The minimum absolute atomic E-state index is 0.122. The Kier molecular flexibility index (Phi) is 5.25. The second kappa shape index (κ2) is 7.43. The first-order valence-corrected chi connectivity index (χ1v) is 9.22. The fraction of sp³-hybridized carbons (Fsp3) is 0.300. The van der Waals surface area contributed by atoms with Crippen molar-refractivity contribution in [1.82, 2.24) is 4.90 Å². The molecule has 0 radical (unpaired) electrons. The SMILES string of the molecule is COCCN1C(=O)C(=O)C(=C(O)c2cc(C)ccc2C)[C@H]1c1cccs1. The zero-order valence-electron chi connectivity index (χ0n) is 15.0. The lowest BCUT2D eigenvalue weighted by atomic mass is 9.96. The first kappa shape index (κ1) is 18.4. The summed E-state index contributed by atoms with van der Waals surface area (Å²) in [5.74, 6) is -1.38. The lowest BCUT2D eigenvalue weighted by Crippen LogP contribution is -2.32. The van der Waals surface area contributed by atoms with Gasteiger partial charge in [-0.15, -0.1) is 11.3 Å². The van der Waals surface area contributed by atoms with Crippen LogP contribution in [-0.4, -0.2) is 42.0 Å². The minimum atomic E-state index is -0.655. The van der Waals surface area contributed by atoms with Gasteiger partial charge in [0.1, 0.15) is 5.76 Å². The highest BCUT2D eigenvalue weighted by Crippen LogP contribution is 2.41. The van der Waals surface area contributed by atoms with Gasteiger partial charge in [0.25, 0.3) is 11.7 Å². The van der Waals surface area contributed by atoms with E-state index in [1.165, 1.54) is 16.2 Å². The molecule has 1 aromatic heterocycles. The fourth-order valence-electron chi connectivity index (χ4n) is 3.18. The van der Waals surface area contributed by atoms with Crippen molar-refractivity contribution in [3.8, 4) is 0 Å². The van der Waals surface area contributed by atoms with Crippen molar-refractivity contribution >= 4 is 28.8 Å². The van der Waals surface area contributed by atoms with Crippen molar-refractivity contribution in [3.63, 3.8) is 0 Å². The van der Waals surface area contributed by atoms with Gasteiger partial charge in [0.05, 0.1) is 18.2 Å². The summed E-state index contributed by atoms with van der Waals surface area (Å²) < 4.78 is 5.09. The number of carbonyl (C=O) groups is 2. The zero-order chi connectivity index (χ0) is 18.8. The Balaban J connectivity index is 2.17. The van der Waals surface area contributed by atoms with E-state index in [0.29, 0.717) is 12.2 Å². The molecule has 0 bridgehead atoms. The molecule has 1 fully saturated rings. The summed E-state index contributed by atoms with van der Waals surface area (Å²) in [6.07, 6.45) is 0. The van der Waals surface area contributed by atoms with Crippen molar-refractivity contribution in [1.29, 1.82) is 0 Å². The highest BCUT2D eigenvalue weighted by atomic mass is 32.1. The van der Waals surface area contributed by atoms with Gasteiger partial charge in [-0.3, -0.25) is 9.59 Å². The summed E-state index contributed by atoms with van der Waals surface area (Å²) in [5.41, 5.74) is 2.54. The van der Waals surface area contributed by atoms with Gasteiger partial charge < -0.3 is 14.7 Å². The monoisotopic (exact) mass is 371 g/mol. The molecular formula is C20H21NO4S. The number of ketones is 1. The highest BCUT2D eigenvalue weighted by molar-refractivity contribution is 7.10. The maximum absolute atomic E-state index is 12.8. The molecule has 0 unspecified atom stereocenters. The number of benzene rings is 1. The summed E-state index contributed by atoms with van der Waals surface area (Å²) in [5, 5.41) is 12.9. The van der Waals surface area contributed by atoms with Crippen LogP contribution >= 0.6 is 11.3 Å². The molecule has 6 heteroatoms. The predicted octanol–water partition coefficient (Wildman–Crippen LogP) is 3.43. The van der Waals surface area contributed by atoms with Crippen LogP contribution in [-0.2, 0) is 14.3 Å². The topological polar surface area (TPSA) is 66.8 Å². The average Bonchev–Trinajstić information content (AvgIpc) is 3.23. The smallest absolute Gasteiger partial charge is 0.295 e. The molecule has 0 spiro atoms. The van der Waals surface area contributed by atoms with Crippen LogP contribution < -0.4 is 0 Å². The number of methoxy groups -OCH3 is 1. The van der Waals surface area contributed by atoms with Gasteiger partial charge in [-0.2, -0.15) is 0 Å². The van der Waals surface area contributed by atoms with Crippen molar-refractivity contribution in [2.45, 2.75) is 19.9 Å². The van der Waals surface area contributed by atoms with Crippen molar-refractivity contribution in [3.05, 3.63) is 62.9 Å². The largest absolute Gasteiger partial charge is 0.507 e. The molecule has 1 saturated heterocycles. The van der Waals surface area contributed by atoms with Crippen LogP contribution in [0.2, 0.25) is 0 Å². The van der Waals surface area contributed by atoms with Crippen LogP contribution in [0.3, 0.4) is 0 Å². The molecule has 1 aliphatic rings. The number of likely N-dealkylation sites (tertiary alicyclic amines) is 1. The lowest BCUT2D eigenvalue weighted by molar-refractivity contribution is -0.140. The maximum Gasteiger partial charge on any atom is 0.295 e. The van der Waals surface area contributed by atoms with Crippen LogP contribution in [0.1, 0.15) is 27.6 Å². The molecule has 3 rings (SSSR count). The van der Waals surface area contributed by atoms with E-state index in [-0.39, 0.29) is 17.9 Å². The number of amides is 1. The molecule has 5 nitrogen and oxygen atoms in total. The Morgan fingerprint density at radius 3 is 2.69 bits per heavy atom. The summed E-state index contributed by atoms with van der Waals surface area (Å²) in [4.78, 5) is 27.7. The van der Waals surface area contributed by atoms with Gasteiger partial charge >= 0.3 is 0 Å². The van der Waals surface area contributed by atoms with E-state index in [2.05, 4.69) is 0 Å². The summed E-state index contributed by atoms with van der Waals surface area (Å²) in [7, 11) is 1.55. The lowest BCUT2D eigenvalue weighted by Gasteiger charge is -2.23. The number of carbonyl (C=O) groups excluding carboxylic acids is 2. The van der Waals surface area contributed by atoms with Crippen LogP contribution in [0.25, 0.3) is 5.76 Å². The number of hydrogen-bond donors (Lipinski definition) is 1. The molecule has 1 aliphatic heterocycles. The number of aliphatic hydroxyl groups is 1. The molecule has 26 heavy (non-hydrogen) atoms. The predicted molar refractivity (Wildman–Crippen MR) is 101 cm³/mol. The fourth-order valence-corrected chi connectivity index (χ4v) is 4.02. The number of thiophene rings is 1. The number of Topliss-reactive ketones (excluding diaryl/α,β-unsaturated/α-hetero) is 1. The number of aryl methyl sites for hydroxylation is 2.